The first kappa shape index (κ1) is 35.0. The molecule has 2 heterocycles. The summed E-state index contributed by atoms with van der Waals surface area (Å²) in [6.45, 7) is 8.89. The Bertz CT molecular complexity index is 1060. The maximum atomic E-state index is 13.2. The molecule has 12 heteroatoms. The van der Waals surface area contributed by atoms with Crippen molar-refractivity contribution in [2.75, 3.05) is 12.3 Å². The van der Waals surface area contributed by atoms with Crippen molar-refractivity contribution in [3.63, 3.8) is 0 Å². The molecule has 0 aromatic heterocycles. The van der Waals surface area contributed by atoms with Crippen LogP contribution in [0.4, 0.5) is 0 Å². The minimum atomic E-state index is -1.03. The summed E-state index contributed by atoms with van der Waals surface area (Å²) in [7, 11) is 0. The van der Waals surface area contributed by atoms with E-state index in [9.17, 15) is 24.0 Å². The summed E-state index contributed by atoms with van der Waals surface area (Å²) in [6, 6.07) is -1.93. The van der Waals surface area contributed by atoms with Crippen molar-refractivity contribution in [2.45, 2.75) is 110 Å². The van der Waals surface area contributed by atoms with Crippen molar-refractivity contribution in [3.05, 3.63) is 23.9 Å². The molecule has 42 heavy (non-hydrogen) atoms. The van der Waals surface area contributed by atoms with Crippen LogP contribution in [0.2, 0.25) is 0 Å². The van der Waals surface area contributed by atoms with Crippen LogP contribution in [-0.4, -0.2) is 71.3 Å². The molecular weight excluding hydrogens is 560 g/mol. The fraction of sp³-hybridized carbons (Fsp3) is 0.667. The maximum absolute atomic E-state index is 13.2. The largest absolute Gasteiger partial charge is 0.474 e. The molecule has 3 N–H and O–H groups in total. The fourth-order valence-electron chi connectivity index (χ4n) is 4.35. The lowest BCUT2D eigenvalue weighted by Crippen LogP contribution is -2.49. The van der Waals surface area contributed by atoms with Gasteiger partial charge in [-0.05, 0) is 38.7 Å². The summed E-state index contributed by atoms with van der Waals surface area (Å²) in [5.41, 5.74) is -0.0286. The molecule has 0 fully saturated rings. The molecule has 2 bridgehead atoms. The van der Waals surface area contributed by atoms with Gasteiger partial charge < -0.3 is 25.4 Å². The fourth-order valence-corrected chi connectivity index (χ4v) is 5.12. The molecule has 2 aliphatic heterocycles. The van der Waals surface area contributed by atoms with Crippen molar-refractivity contribution in [3.8, 4) is 0 Å². The third kappa shape index (κ3) is 12.0. The van der Waals surface area contributed by atoms with Crippen molar-refractivity contribution in [1.29, 1.82) is 0 Å². The number of carbonyl (C=O) groups excluding carboxylic acids is 5. The number of esters is 1. The van der Waals surface area contributed by atoms with E-state index in [1.807, 2.05) is 0 Å². The Labute approximate surface area is 253 Å². The van der Waals surface area contributed by atoms with Crippen LogP contribution in [0, 0.1) is 5.92 Å². The van der Waals surface area contributed by atoms with Gasteiger partial charge in [0.15, 0.2) is 11.2 Å². The molecule has 0 saturated carbocycles. The van der Waals surface area contributed by atoms with Gasteiger partial charge >= 0.3 is 5.97 Å². The van der Waals surface area contributed by atoms with Crippen LogP contribution in [0.25, 0.3) is 0 Å². The van der Waals surface area contributed by atoms with Gasteiger partial charge in [-0.1, -0.05) is 70.4 Å². The minimum Gasteiger partial charge on any atom is -0.474 e. The first-order valence-corrected chi connectivity index (χ1v) is 15.8. The van der Waals surface area contributed by atoms with Gasteiger partial charge in [0.1, 0.15) is 23.9 Å². The highest BCUT2D eigenvalue weighted by atomic mass is 32.2. The molecule has 0 radical (unpaired) electrons. The molecule has 0 aromatic carbocycles. The second-order valence-electron chi connectivity index (χ2n) is 10.7. The molecule has 11 nitrogen and oxygen atoms in total. The summed E-state index contributed by atoms with van der Waals surface area (Å²) in [5.74, 6) is -1.89. The number of amides is 3. The summed E-state index contributed by atoms with van der Waals surface area (Å²) in [4.78, 5) is 68.2. The lowest BCUT2D eigenvalue weighted by atomic mass is 10.0. The lowest BCUT2D eigenvalue weighted by Gasteiger charge is -2.24. The molecular formula is C30H46N4O7S. The van der Waals surface area contributed by atoms with E-state index in [0.29, 0.717) is 18.6 Å². The highest BCUT2D eigenvalue weighted by Gasteiger charge is 2.35. The van der Waals surface area contributed by atoms with Crippen LogP contribution in [0.15, 0.2) is 28.9 Å². The number of ether oxygens (including phenoxy) is 2. The molecule has 0 aliphatic carbocycles. The first-order chi connectivity index (χ1) is 20.0. The molecule has 2 aliphatic rings. The monoisotopic (exact) mass is 606 g/mol. The highest BCUT2D eigenvalue weighted by Crippen LogP contribution is 2.16. The summed E-state index contributed by atoms with van der Waals surface area (Å²) in [5, 5.41) is 8.07. The minimum absolute atomic E-state index is 0.0286. The van der Waals surface area contributed by atoms with E-state index in [4.69, 9.17) is 9.47 Å². The molecule has 234 valence electrons. The number of nitrogens with zero attached hydrogens (tertiary/aromatic N) is 1. The smallest absolute Gasteiger partial charge is 0.329 e. The van der Waals surface area contributed by atoms with Crippen LogP contribution < -0.4 is 16.0 Å². The Morgan fingerprint density at radius 2 is 1.86 bits per heavy atom. The average Bonchev–Trinajstić information content (AvgIpc) is 3.32. The normalized spacial score (nSPS) is 25.1. The Hall–Kier alpha value is -3.15. The number of aliphatic imine (C=N–C) groups is 1. The molecule has 0 aromatic rings. The highest BCUT2D eigenvalue weighted by molar-refractivity contribution is 8.13. The zero-order chi connectivity index (χ0) is 31.1. The van der Waals surface area contributed by atoms with E-state index in [-0.39, 0.29) is 35.6 Å². The van der Waals surface area contributed by atoms with Gasteiger partial charge in [0, 0.05) is 12.2 Å². The number of allylic oxidation sites excluding steroid dienone is 2. The topological polar surface area (TPSA) is 152 Å². The second kappa shape index (κ2) is 18.4. The first-order valence-electron chi connectivity index (χ1n) is 14.9. The van der Waals surface area contributed by atoms with Crippen LogP contribution >= 0.6 is 11.8 Å². The average molecular weight is 607 g/mol. The van der Waals surface area contributed by atoms with E-state index < -0.39 is 48.0 Å². The van der Waals surface area contributed by atoms with E-state index in [0.717, 1.165) is 19.3 Å². The number of unbranched alkanes of at least 4 members (excludes halogenated alkanes) is 4. The van der Waals surface area contributed by atoms with Crippen molar-refractivity contribution >= 4 is 46.5 Å². The van der Waals surface area contributed by atoms with Gasteiger partial charge in [-0.2, -0.15) is 0 Å². The van der Waals surface area contributed by atoms with Gasteiger partial charge in [0.05, 0.1) is 13.0 Å². The molecule has 3 amide bonds. The van der Waals surface area contributed by atoms with Crippen molar-refractivity contribution < 1.29 is 33.4 Å². The number of cyclic esters (lactones) is 1. The van der Waals surface area contributed by atoms with E-state index in [1.165, 1.54) is 30.7 Å². The number of hydrogen-bond donors (Lipinski definition) is 3. The SMILES string of the molecule is CC=C1NC(=O)C2N=C(CNC(=O)C[C@@H](C=CCCSC(=O)CCCCCCC)OC(=O)[C@H](C(C)C)NC1=O)O[C@@H]2C. The van der Waals surface area contributed by atoms with Crippen molar-refractivity contribution in [1.82, 2.24) is 16.0 Å². The Morgan fingerprint density at radius 1 is 1.12 bits per heavy atom. The van der Waals surface area contributed by atoms with Gasteiger partial charge in [-0.25, -0.2) is 9.79 Å². The standard InChI is InChI=1S/C30H46N4O7S/c1-6-8-9-10-11-15-25(36)42-16-13-12-14-21-17-23(35)31-18-24-33-27(20(5)40-24)29(38)32-22(7-2)28(37)34-26(19(3)4)30(39)41-21/h7,12,14,19-21,26-27H,6,8-11,13,15-18H2,1-5H3,(H,31,35)(H,32,38)(H,34,37)/t20-,21-,26+,27?/m1/s1. The summed E-state index contributed by atoms with van der Waals surface area (Å²) < 4.78 is 11.3. The predicted octanol–water partition coefficient (Wildman–Crippen LogP) is 3.33. The molecule has 1 unspecified atom stereocenters. The number of hydrogen-bond acceptors (Lipinski definition) is 9. The van der Waals surface area contributed by atoms with E-state index in [1.54, 1.807) is 39.8 Å². The van der Waals surface area contributed by atoms with Gasteiger partial charge in [0.25, 0.3) is 11.8 Å². The molecule has 4 atom stereocenters. The maximum Gasteiger partial charge on any atom is 0.329 e. The van der Waals surface area contributed by atoms with Gasteiger partial charge in [0.2, 0.25) is 11.8 Å². The Balaban J connectivity index is 2.11. The third-order valence-corrected chi connectivity index (χ3v) is 7.76. The number of rotatable bonds is 11. The number of carbonyl (C=O) groups is 5. The second-order valence-corrected chi connectivity index (χ2v) is 11.9. The predicted molar refractivity (Wildman–Crippen MR) is 163 cm³/mol. The Kier molecular flexibility index (Phi) is 15.4. The number of thioether (sulfide) groups is 1. The summed E-state index contributed by atoms with van der Waals surface area (Å²) >= 11 is 1.28. The number of nitrogens with one attached hydrogen (secondary N) is 3. The third-order valence-electron chi connectivity index (χ3n) is 6.79. The van der Waals surface area contributed by atoms with Crippen LogP contribution in [0.3, 0.4) is 0 Å². The molecule has 0 spiro atoms. The quantitative estimate of drug-likeness (QED) is 0.140. The lowest BCUT2D eigenvalue weighted by molar-refractivity contribution is -0.153. The Morgan fingerprint density at radius 3 is 2.55 bits per heavy atom. The van der Waals surface area contributed by atoms with Crippen LogP contribution in [0.1, 0.15) is 86.0 Å². The van der Waals surface area contributed by atoms with Gasteiger partial charge in [-0.15, -0.1) is 0 Å². The zero-order valence-electron chi connectivity index (χ0n) is 25.4. The van der Waals surface area contributed by atoms with Crippen LogP contribution in [0.5, 0.6) is 0 Å². The van der Waals surface area contributed by atoms with Gasteiger partial charge in [-0.3, -0.25) is 19.2 Å². The zero-order valence-corrected chi connectivity index (χ0v) is 26.2. The van der Waals surface area contributed by atoms with E-state index >= 15 is 0 Å². The number of fused-ring (bicyclic) bond motifs is 1. The van der Waals surface area contributed by atoms with Crippen molar-refractivity contribution in [2.24, 2.45) is 10.9 Å². The van der Waals surface area contributed by atoms with Crippen LogP contribution in [-0.2, 0) is 33.4 Å². The molecule has 2 rings (SSSR count). The summed E-state index contributed by atoms with van der Waals surface area (Å²) in [6.07, 6.45) is 9.80. The van der Waals surface area contributed by atoms with E-state index in [2.05, 4.69) is 27.9 Å². The molecule has 0 saturated heterocycles.